The van der Waals surface area contributed by atoms with E-state index in [1.807, 2.05) is 0 Å². The van der Waals surface area contributed by atoms with Crippen LogP contribution < -0.4 is 5.73 Å². The van der Waals surface area contributed by atoms with Gasteiger partial charge < -0.3 is 10.3 Å². The van der Waals surface area contributed by atoms with Crippen molar-refractivity contribution in [3.63, 3.8) is 0 Å². The summed E-state index contributed by atoms with van der Waals surface area (Å²) in [6.45, 7) is 9.87. The van der Waals surface area contributed by atoms with Crippen LogP contribution in [0.2, 0.25) is 0 Å². The first-order chi connectivity index (χ1) is 8.95. The fourth-order valence-corrected chi connectivity index (χ4v) is 3.18. The molecule has 0 saturated heterocycles. The summed E-state index contributed by atoms with van der Waals surface area (Å²) in [6, 6.07) is 0. The molecule has 1 saturated carbocycles. The van der Waals surface area contributed by atoms with Crippen molar-refractivity contribution in [2.24, 2.45) is 0 Å². The Morgan fingerprint density at radius 3 is 2.37 bits per heavy atom. The second-order valence-electron chi connectivity index (χ2n) is 6.94. The van der Waals surface area contributed by atoms with E-state index >= 15 is 0 Å². The maximum absolute atomic E-state index is 6.42. The first kappa shape index (κ1) is 14.4. The summed E-state index contributed by atoms with van der Waals surface area (Å²) in [4.78, 5) is 4.96. The number of nitrogen functional groups attached to an aromatic ring is 1. The van der Waals surface area contributed by atoms with E-state index in [2.05, 4.69) is 32.3 Å². The van der Waals surface area contributed by atoms with Gasteiger partial charge in [0.05, 0.1) is 5.69 Å². The van der Waals surface area contributed by atoms with Crippen molar-refractivity contribution in [2.75, 3.05) is 5.73 Å². The molecule has 3 nitrogen and oxygen atoms in total. The Morgan fingerprint density at radius 1 is 1.21 bits per heavy atom. The van der Waals surface area contributed by atoms with E-state index in [0.717, 1.165) is 24.6 Å². The van der Waals surface area contributed by atoms with Crippen LogP contribution in [-0.4, -0.2) is 9.55 Å². The Bertz CT molecular complexity index is 420. The Kier molecular flexibility index (Phi) is 4.22. The predicted octanol–water partition coefficient (Wildman–Crippen LogP) is 4.22. The third-order valence-corrected chi connectivity index (χ3v) is 4.15. The maximum atomic E-state index is 6.42. The molecule has 1 aromatic heterocycles. The fraction of sp³-hybridized carbons (Fsp3) is 0.812. The first-order valence-electron chi connectivity index (χ1n) is 7.81. The Labute approximate surface area is 117 Å². The van der Waals surface area contributed by atoms with E-state index in [0.29, 0.717) is 5.92 Å². The molecule has 0 atom stereocenters. The van der Waals surface area contributed by atoms with Crippen LogP contribution >= 0.6 is 0 Å². The van der Waals surface area contributed by atoms with Crippen molar-refractivity contribution in [1.29, 1.82) is 0 Å². The summed E-state index contributed by atoms with van der Waals surface area (Å²) in [7, 11) is 0. The summed E-state index contributed by atoms with van der Waals surface area (Å²) in [6.07, 6.45) is 7.66. The molecule has 0 amide bonds. The Balaban J connectivity index is 2.39. The summed E-state index contributed by atoms with van der Waals surface area (Å²) in [5, 5.41) is 0. The molecule has 1 aliphatic carbocycles. The zero-order valence-electron chi connectivity index (χ0n) is 13.0. The van der Waals surface area contributed by atoms with Crippen LogP contribution in [-0.2, 0) is 12.0 Å². The lowest BCUT2D eigenvalue weighted by atomic mass is 9.87. The van der Waals surface area contributed by atoms with Crippen LogP contribution in [0, 0.1) is 0 Å². The number of hydrogen-bond donors (Lipinski definition) is 1. The maximum Gasteiger partial charge on any atom is 0.127 e. The minimum absolute atomic E-state index is 0.0657. The Hall–Kier alpha value is -0.990. The lowest BCUT2D eigenvalue weighted by Crippen LogP contribution is -2.19. The van der Waals surface area contributed by atoms with Crippen LogP contribution in [0.4, 0.5) is 5.82 Å². The number of imidazole rings is 1. The van der Waals surface area contributed by atoms with Gasteiger partial charge in [-0.15, -0.1) is 0 Å². The van der Waals surface area contributed by atoms with Crippen molar-refractivity contribution in [3.8, 4) is 0 Å². The van der Waals surface area contributed by atoms with E-state index < -0.39 is 0 Å². The van der Waals surface area contributed by atoms with Crippen molar-refractivity contribution >= 4 is 5.82 Å². The first-order valence-corrected chi connectivity index (χ1v) is 7.81. The molecule has 19 heavy (non-hydrogen) atoms. The molecule has 2 rings (SSSR count). The fourth-order valence-electron chi connectivity index (χ4n) is 3.18. The average molecular weight is 263 g/mol. The molecular formula is C16H29N3. The molecule has 0 radical (unpaired) electrons. The highest BCUT2D eigenvalue weighted by molar-refractivity contribution is 5.42. The second kappa shape index (κ2) is 5.56. The molecule has 0 spiro atoms. The van der Waals surface area contributed by atoms with Crippen LogP contribution in [0.1, 0.15) is 83.7 Å². The van der Waals surface area contributed by atoms with E-state index in [1.165, 1.54) is 37.8 Å². The average Bonchev–Trinajstić information content (AvgIpc) is 2.69. The van der Waals surface area contributed by atoms with Crippen molar-refractivity contribution in [3.05, 3.63) is 11.5 Å². The highest BCUT2D eigenvalue weighted by Crippen LogP contribution is 2.37. The summed E-state index contributed by atoms with van der Waals surface area (Å²) < 4.78 is 2.25. The predicted molar refractivity (Wildman–Crippen MR) is 81.5 cm³/mol. The van der Waals surface area contributed by atoms with Gasteiger partial charge in [-0.25, -0.2) is 4.98 Å². The minimum Gasteiger partial charge on any atom is -0.384 e. The molecular weight excluding hydrogens is 234 g/mol. The van der Waals surface area contributed by atoms with Crippen molar-refractivity contribution in [1.82, 2.24) is 9.55 Å². The van der Waals surface area contributed by atoms with Gasteiger partial charge >= 0.3 is 0 Å². The molecule has 1 heterocycles. The lowest BCUT2D eigenvalue weighted by molar-refractivity contribution is 0.436. The topological polar surface area (TPSA) is 43.8 Å². The number of rotatable bonds is 3. The number of hydrogen-bond acceptors (Lipinski definition) is 2. The monoisotopic (exact) mass is 263 g/mol. The summed E-state index contributed by atoms with van der Waals surface area (Å²) >= 11 is 0. The van der Waals surface area contributed by atoms with E-state index in [1.54, 1.807) is 0 Å². The van der Waals surface area contributed by atoms with Gasteiger partial charge in [-0.1, -0.05) is 47.0 Å². The van der Waals surface area contributed by atoms with Crippen LogP contribution in [0.3, 0.4) is 0 Å². The summed E-state index contributed by atoms with van der Waals surface area (Å²) in [5.41, 5.74) is 7.66. The van der Waals surface area contributed by atoms with Gasteiger partial charge in [-0.3, -0.25) is 0 Å². The number of anilines is 1. The molecule has 108 valence electrons. The van der Waals surface area contributed by atoms with Crippen LogP contribution in [0.5, 0.6) is 0 Å². The van der Waals surface area contributed by atoms with Gasteiger partial charge in [0.25, 0.3) is 0 Å². The SMILES string of the molecule is CCCn1c(C(C)(C)C)nc(C2CCCCC2)c1N. The number of aromatic nitrogens is 2. The number of nitrogens with two attached hydrogens (primary N) is 1. The lowest BCUT2D eigenvalue weighted by Gasteiger charge is -2.20. The third kappa shape index (κ3) is 2.96. The van der Waals surface area contributed by atoms with Gasteiger partial charge in [0.15, 0.2) is 0 Å². The van der Waals surface area contributed by atoms with E-state index in [-0.39, 0.29) is 5.41 Å². The smallest absolute Gasteiger partial charge is 0.127 e. The molecule has 0 bridgehead atoms. The molecule has 0 aliphatic heterocycles. The van der Waals surface area contributed by atoms with E-state index in [9.17, 15) is 0 Å². The highest BCUT2D eigenvalue weighted by atomic mass is 15.2. The quantitative estimate of drug-likeness (QED) is 0.887. The number of nitrogens with zero attached hydrogens (tertiary/aromatic N) is 2. The van der Waals surface area contributed by atoms with Gasteiger partial charge in [0.2, 0.25) is 0 Å². The molecule has 0 aromatic carbocycles. The zero-order chi connectivity index (χ0) is 14.0. The van der Waals surface area contributed by atoms with Crippen molar-refractivity contribution in [2.45, 2.75) is 84.1 Å². The van der Waals surface area contributed by atoms with Crippen LogP contribution in [0.15, 0.2) is 0 Å². The van der Waals surface area contributed by atoms with Crippen LogP contribution in [0.25, 0.3) is 0 Å². The molecule has 2 N–H and O–H groups in total. The zero-order valence-corrected chi connectivity index (χ0v) is 13.0. The van der Waals surface area contributed by atoms with Gasteiger partial charge in [0.1, 0.15) is 11.6 Å². The van der Waals surface area contributed by atoms with Crippen molar-refractivity contribution < 1.29 is 0 Å². The minimum atomic E-state index is 0.0657. The third-order valence-electron chi connectivity index (χ3n) is 4.15. The molecule has 1 aliphatic rings. The molecule has 0 unspecified atom stereocenters. The van der Waals surface area contributed by atoms with Gasteiger partial charge in [-0.05, 0) is 19.3 Å². The highest BCUT2D eigenvalue weighted by Gasteiger charge is 2.28. The molecule has 1 aromatic rings. The molecule has 3 heteroatoms. The Morgan fingerprint density at radius 2 is 1.84 bits per heavy atom. The summed E-state index contributed by atoms with van der Waals surface area (Å²) in [5.74, 6) is 2.68. The van der Waals surface area contributed by atoms with Gasteiger partial charge in [0, 0.05) is 17.9 Å². The normalized spacial score (nSPS) is 17.9. The van der Waals surface area contributed by atoms with Gasteiger partial charge in [-0.2, -0.15) is 0 Å². The molecule has 1 fully saturated rings. The second-order valence-corrected chi connectivity index (χ2v) is 6.94. The van der Waals surface area contributed by atoms with E-state index in [4.69, 9.17) is 10.7 Å². The largest absolute Gasteiger partial charge is 0.384 e. The standard InChI is InChI=1S/C16H29N3/c1-5-11-19-14(17)13(12-9-7-6-8-10-12)18-15(19)16(2,3)4/h12H,5-11,17H2,1-4H3.